The molecule has 0 spiro atoms. The van der Waals surface area contributed by atoms with Gasteiger partial charge in [-0.15, -0.1) is 0 Å². The predicted octanol–water partition coefficient (Wildman–Crippen LogP) is 2.32. The van der Waals surface area contributed by atoms with Crippen LogP contribution in [0.5, 0.6) is 0 Å². The van der Waals surface area contributed by atoms with E-state index in [4.69, 9.17) is 0 Å². The number of aromatic nitrogens is 4. The van der Waals surface area contributed by atoms with Gasteiger partial charge in [0.05, 0.1) is 16.9 Å². The molecule has 3 N–H and O–H groups in total. The molecule has 18 heavy (non-hydrogen) atoms. The van der Waals surface area contributed by atoms with E-state index in [0.717, 1.165) is 45.7 Å². The molecule has 0 atom stereocenters. The van der Waals surface area contributed by atoms with Gasteiger partial charge in [0.15, 0.2) is 5.82 Å². The van der Waals surface area contributed by atoms with E-state index < -0.39 is 0 Å². The molecule has 0 saturated carbocycles. The lowest BCUT2D eigenvalue weighted by Gasteiger charge is -1.95. The molecule has 0 aliphatic carbocycles. The van der Waals surface area contributed by atoms with E-state index in [1.165, 1.54) is 5.69 Å². The highest BCUT2D eigenvalue weighted by molar-refractivity contribution is 9.10. The minimum absolute atomic E-state index is 0.833. The zero-order valence-corrected chi connectivity index (χ0v) is 11.0. The number of hydrogen-bond acceptors (Lipinski definition) is 3. The Bertz CT molecular complexity index is 721. The first-order valence-electron chi connectivity index (χ1n) is 5.74. The first-order valence-corrected chi connectivity index (χ1v) is 6.53. The predicted molar refractivity (Wildman–Crippen MR) is 71.9 cm³/mol. The zero-order chi connectivity index (χ0) is 12.1. The number of nitrogens with zero attached hydrogens (tertiary/aromatic N) is 2. The van der Waals surface area contributed by atoms with Crippen molar-refractivity contribution in [1.29, 1.82) is 0 Å². The van der Waals surface area contributed by atoms with Gasteiger partial charge < -0.3 is 10.3 Å². The Morgan fingerprint density at radius 3 is 3.06 bits per heavy atom. The van der Waals surface area contributed by atoms with Gasteiger partial charge in [-0.05, 0) is 18.2 Å². The van der Waals surface area contributed by atoms with Crippen molar-refractivity contribution in [2.45, 2.75) is 13.1 Å². The van der Waals surface area contributed by atoms with E-state index in [0.29, 0.717) is 0 Å². The van der Waals surface area contributed by atoms with Gasteiger partial charge in [0.25, 0.3) is 0 Å². The highest BCUT2D eigenvalue weighted by Crippen LogP contribution is 2.27. The topological polar surface area (TPSA) is 69.4 Å². The number of halogens is 1. The molecular weight excluding hydrogens is 294 g/mol. The Balaban J connectivity index is 1.91. The summed E-state index contributed by atoms with van der Waals surface area (Å²) in [6.07, 6.45) is 0. The van der Waals surface area contributed by atoms with Crippen LogP contribution in [0.3, 0.4) is 0 Å². The molecule has 90 valence electrons. The summed E-state index contributed by atoms with van der Waals surface area (Å²) in [5.74, 6) is 0.843. The Morgan fingerprint density at radius 1 is 1.22 bits per heavy atom. The molecule has 3 heterocycles. The normalized spacial score (nSPS) is 14.3. The molecule has 1 aliphatic rings. The molecule has 3 aromatic rings. The van der Waals surface area contributed by atoms with Crippen molar-refractivity contribution in [3.05, 3.63) is 34.1 Å². The number of nitrogens with one attached hydrogen (secondary N) is 3. The lowest BCUT2D eigenvalue weighted by Crippen LogP contribution is -2.02. The molecule has 0 amide bonds. The van der Waals surface area contributed by atoms with Crippen LogP contribution >= 0.6 is 15.9 Å². The van der Waals surface area contributed by atoms with Crippen LogP contribution in [0.2, 0.25) is 0 Å². The van der Waals surface area contributed by atoms with E-state index >= 15 is 0 Å². The van der Waals surface area contributed by atoms with Gasteiger partial charge in [0.1, 0.15) is 5.69 Å². The Hall–Kier alpha value is -1.66. The average molecular weight is 304 g/mol. The first-order chi connectivity index (χ1) is 8.81. The van der Waals surface area contributed by atoms with Crippen molar-refractivity contribution in [1.82, 2.24) is 25.5 Å². The summed E-state index contributed by atoms with van der Waals surface area (Å²) in [6, 6.07) is 6.08. The maximum absolute atomic E-state index is 4.59. The second-order valence-electron chi connectivity index (χ2n) is 4.38. The summed E-state index contributed by atoms with van der Waals surface area (Å²) in [5.41, 5.74) is 4.15. The average Bonchev–Trinajstić information content (AvgIpc) is 2.98. The molecule has 0 bridgehead atoms. The Labute approximate surface area is 111 Å². The lowest BCUT2D eigenvalue weighted by atomic mass is 10.2. The smallest absolute Gasteiger partial charge is 0.159 e. The highest BCUT2D eigenvalue weighted by atomic mass is 79.9. The van der Waals surface area contributed by atoms with Crippen molar-refractivity contribution in [3.63, 3.8) is 0 Å². The number of imidazole rings is 1. The molecule has 6 heteroatoms. The van der Waals surface area contributed by atoms with Crippen LogP contribution in [0.4, 0.5) is 0 Å². The van der Waals surface area contributed by atoms with E-state index in [2.05, 4.69) is 41.4 Å². The van der Waals surface area contributed by atoms with Gasteiger partial charge in [-0.2, -0.15) is 5.10 Å². The third-order valence-electron chi connectivity index (χ3n) is 3.21. The van der Waals surface area contributed by atoms with Gasteiger partial charge in [-0.25, -0.2) is 4.98 Å². The Morgan fingerprint density at radius 2 is 2.17 bits per heavy atom. The summed E-state index contributed by atoms with van der Waals surface area (Å²) in [6.45, 7) is 1.69. The zero-order valence-electron chi connectivity index (χ0n) is 9.42. The van der Waals surface area contributed by atoms with Gasteiger partial charge in [0.2, 0.25) is 0 Å². The molecule has 5 nitrogen and oxygen atoms in total. The second kappa shape index (κ2) is 3.66. The van der Waals surface area contributed by atoms with Crippen LogP contribution in [-0.4, -0.2) is 20.2 Å². The molecular formula is C12H10BrN5. The quantitative estimate of drug-likeness (QED) is 0.646. The van der Waals surface area contributed by atoms with Crippen LogP contribution < -0.4 is 5.32 Å². The van der Waals surface area contributed by atoms with Gasteiger partial charge >= 0.3 is 0 Å². The number of H-pyrrole nitrogens is 2. The fraction of sp³-hybridized carbons (Fsp3) is 0.167. The summed E-state index contributed by atoms with van der Waals surface area (Å²) < 4.78 is 1.04. The number of hydrogen-bond donors (Lipinski definition) is 3. The fourth-order valence-corrected chi connectivity index (χ4v) is 2.69. The van der Waals surface area contributed by atoms with E-state index in [9.17, 15) is 0 Å². The minimum atomic E-state index is 0.833. The van der Waals surface area contributed by atoms with Crippen LogP contribution in [0, 0.1) is 0 Å². The van der Waals surface area contributed by atoms with Gasteiger partial charge in [0, 0.05) is 22.9 Å². The number of aromatic amines is 2. The third-order valence-corrected chi connectivity index (χ3v) is 3.70. The van der Waals surface area contributed by atoms with E-state index in [1.54, 1.807) is 0 Å². The molecule has 1 aliphatic heterocycles. The second-order valence-corrected chi connectivity index (χ2v) is 5.29. The molecule has 1 aromatic carbocycles. The maximum Gasteiger partial charge on any atom is 0.159 e. The number of rotatable bonds is 1. The van der Waals surface area contributed by atoms with Crippen molar-refractivity contribution < 1.29 is 0 Å². The summed E-state index contributed by atoms with van der Waals surface area (Å²) in [5, 5.41) is 11.7. The first kappa shape index (κ1) is 10.3. The van der Waals surface area contributed by atoms with Crippen LogP contribution in [-0.2, 0) is 13.1 Å². The monoisotopic (exact) mass is 303 g/mol. The van der Waals surface area contributed by atoms with Crippen molar-refractivity contribution >= 4 is 26.8 Å². The third kappa shape index (κ3) is 1.42. The van der Waals surface area contributed by atoms with Crippen LogP contribution in [0.25, 0.3) is 22.4 Å². The van der Waals surface area contributed by atoms with E-state index in [-0.39, 0.29) is 0 Å². The van der Waals surface area contributed by atoms with Gasteiger partial charge in [-0.3, -0.25) is 5.10 Å². The molecule has 0 fully saturated rings. The molecule has 4 rings (SSSR count). The van der Waals surface area contributed by atoms with Gasteiger partial charge in [-0.1, -0.05) is 15.9 Å². The lowest BCUT2D eigenvalue weighted by molar-refractivity contribution is 0.744. The van der Waals surface area contributed by atoms with Crippen molar-refractivity contribution in [3.8, 4) is 11.5 Å². The highest BCUT2D eigenvalue weighted by Gasteiger charge is 2.18. The SMILES string of the molecule is Brc1ccc2c(-c3nc4c([nH]3)CNC4)n[nH]c2c1. The van der Waals surface area contributed by atoms with Crippen LogP contribution in [0.1, 0.15) is 11.4 Å². The van der Waals surface area contributed by atoms with E-state index in [1.807, 2.05) is 18.2 Å². The van der Waals surface area contributed by atoms with Crippen LogP contribution in [0.15, 0.2) is 22.7 Å². The molecule has 0 radical (unpaired) electrons. The summed E-state index contributed by atoms with van der Waals surface area (Å²) in [4.78, 5) is 7.93. The van der Waals surface area contributed by atoms with Crippen molar-refractivity contribution in [2.75, 3.05) is 0 Å². The standard InChI is InChI=1S/C12H10BrN5/c13-6-1-2-7-8(3-6)17-18-11(7)12-15-9-4-14-5-10(9)16-12/h1-3,14H,4-5H2,(H,15,16)(H,17,18). The number of fused-ring (bicyclic) bond motifs is 2. The molecule has 0 unspecified atom stereocenters. The minimum Gasteiger partial charge on any atom is -0.339 e. The summed E-state index contributed by atoms with van der Waals surface area (Å²) >= 11 is 3.45. The fourth-order valence-electron chi connectivity index (χ4n) is 2.33. The van der Waals surface area contributed by atoms with Crippen molar-refractivity contribution in [2.24, 2.45) is 0 Å². The molecule has 2 aromatic heterocycles. The summed E-state index contributed by atoms with van der Waals surface area (Å²) in [7, 11) is 0. The Kier molecular flexibility index (Phi) is 2.09. The maximum atomic E-state index is 4.59. The largest absolute Gasteiger partial charge is 0.339 e. The molecule has 0 saturated heterocycles. The number of benzene rings is 1.